The standard InChI is InChI=1S/C29H30N2O4S/c1-29(2,3)35-28(32)27-24(36(33,34)20-11-9-17-7-5-6-8-18(17)15-20)14-13-22-26(27)25-21-12-10-19(30-21)16-23(25)31(22)4/h5-9,11,13-15,19,21,30H,10,12,16H2,1-4H3. The number of rotatable bonds is 3. The van der Waals surface area contributed by atoms with Crippen LogP contribution in [0.2, 0.25) is 0 Å². The zero-order chi connectivity index (χ0) is 25.4. The molecule has 6 rings (SSSR count). The van der Waals surface area contributed by atoms with Crippen molar-refractivity contribution in [2.75, 3.05) is 0 Å². The predicted molar refractivity (Wildman–Crippen MR) is 140 cm³/mol. The van der Waals surface area contributed by atoms with Crippen molar-refractivity contribution in [2.24, 2.45) is 7.05 Å². The number of nitrogens with zero attached hydrogens (tertiary/aromatic N) is 1. The number of nitrogens with one attached hydrogen (secondary N) is 1. The van der Waals surface area contributed by atoms with E-state index in [1.54, 1.807) is 45.0 Å². The molecule has 186 valence electrons. The summed E-state index contributed by atoms with van der Waals surface area (Å²) in [5, 5.41) is 6.14. The van der Waals surface area contributed by atoms with Gasteiger partial charge in [-0.1, -0.05) is 30.3 Å². The van der Waals surface area contributed by atoms with E-state index in [9.17, 15) is 13.2 Å². The smallest absolute Gasteiger partial charge is 0.340 e. The Morgan fingerprint density at radius 1 is 1.03 bits per heavy atom. The van der Waals surface area contributed by atoms with Crippen LogP contribution in [-0.4, -0.2) is 30.6 Å². The fourth-order valence-corrected chi connectivity index (χ4v) is 7.36. The molecule has 1 saturated heterocycles. The average Bonchev–Trinajstić information content (AvgIpc) is 3.35. The highest BCUT2D eigenvalue weighted by Gasteiger charge is 2.39. The molecule has 3 heterocycles. The van der Waals surface area contributed by atoms with E-state index in [1.807, 2.05) is 37.4 Å². The number of hydrogen-bond acceptors (Lipinski definition) is 5. The molecule has 36 heavy (non-hydrogen) atoms. The number of carbonyl (C=O) groups excluding carboxylic acids is 1. The number of fused-ring (bicyclic) bond motifs is 7. The maximum atomic E-state index is 14.1. The number of hydrogen-bond donors (Lipinski definition) is 1. The van der Waals surface area contributed by atoms with Crippen LogP contribution >= 0.6 is 0 Å². The van der Waals surface area contributed by atoms with Crippen LogP contribution in [0.25, 0.3) is 21.7 Å². The van der Waals surface area contributed by atoms with Crippen LogP contribution in [-0.2, 0) is 28.0 Å². The van der Waals surface area contributed by atoms with Crippen molar-refractivity contribution in [3.63, 3.8) is 0 Å². The van der Waals surface area contributed by atoms with Gasteiger partial charge in [0.1, 0.15) is 5.60 Å². The number of ether oxygens (including phenoxy) is 1. The summed E-state index contributed by atoms with van der Waals surface area (Å²) in [5.41, 5.74) is 2.43. The molecule has 0 amide bonds. The van der Waals surface area contributed by atoms with Gasteiger partial charge in [0.2, 0.25) is 9.84 Å². The van der Waals surface area contributed by atoms with Crippen LogP contribution in [0.3, 0.4) is 0 Å². The van der Waals surface area contributed by atoms with Gasteiger partial charge in [0.15, 0.2) is 0 Å². The highest BCUT2D eigenvalue weighted by molar-refractivity contribution is 7.91. The van der Waals surface area contributed by atoms with E-state index in [1.165, 1.54) is 5.69 Å². The average molecular weight is 503 g/mol. The second-order valence-corrected chi connectivity index (χ2v) is 12.9. The molecule has 3 aromatic carbocycles. The summed E-state index contributed by atoms with van der Waals surface area (Å²) in [6, 6.07) is 16.7. The number of sulfone groups is 1. The summed E-state index contributed by atoms with van der Waals surface area (Å²) < 4.78 is 36.2. The van der Waals surface area contributed by atoms with E-state index < -0.39 is 21.4 Å². The minimum absolute atomic E-state index is 0.00643. The van der Waals surface area contributed by atoms with Gasteiger partial charge in [-0.25, -0.2) is 13.2 Å². The monoisotopic (exact) mass is 502 g/mol. The first kappa shape index (κ1) is 23.3. The van der Waals surface area contributed by atoms with E-state index in [0.717, 1.165) is 41.1 Å². The van der Waals surface area contributed by atoms with Gasteiger partial charge in [-0.2, -0.15) is 0 Å². The van der Waals surface area contributed by atoms with Crippen molar-refractivity contribution in [2.45, 2.75) is 67.5 Å². The van der Waals surface area contributed by atoms with Crippen molar-refractivity contribution >= 4 is 37.5 Å². The maximum absolute atomic E-state index is 14.1. The van der Waals surface area contributed by atoms with Gasteiger partial charge in [0, 0.05) is 42.1 Å². The second-order valence-electron chi connectivity index (χ2n) is 11.0. The summed E-state index contributed by atoms with van der Waals surface area (Å²) >= 11 is 0. The van der Waals surface area contributed by atoms with Gasteiger partial charge in [0.05, 0.1) is 15.4 Å². The lowest BCUT2D eigenvalue weighted by molar-refractivity contribution is 0.00675. The van der Waals surface area contributed by atoms with Crippen LogP contribution in [0, 0.1) is 0 Å². The van der Waals surface area contributed by atoms with E-state index in [4.69, 9.17) is 4.74 Å². The van der Waals surface area contributed by atoms with E-state index in [2.05, 4.69) is 9.88 Å². The molecular formula is C29H30N2O4S. The molecule has 0 aliphatic carbocycles. The predicted octanol–water partition coefficient (Wildman–Crippen LogP) is 5.47. The Morgan fingerprint density at radius 2 is 1.78 bits per heavy atom. The largest absolute Gasteiger partial charge is 0.456 e. The van der Waals surface area contributed by atoms with Gasteiger partial charge < -0.3 is 14.6 Å². The molecule has 1 fully saturated rings. The summed E-state index contributed by atoms with van der Waals surface area (Å²) in [6.45, 7) is 5.39. The maximum Gasteiger partial charge on any atom is 0.340 e. The van der Waals surface area contributed by atoms with Crippen LogP contribution in [0.5, 0.6) is 0 Å². The first-order valence-corrected chi connectivity index (χ1v) is 13.9. The lowest BCUT2D eigenvalue weighted by atomic mass is 9.96. The number of aromatic nitrogens is 1. The van der Waals surface area contributed by atoms with Crippen molar-refractivity contribution in [1.82, 2.24) is 9.88 Å². The quantitative estimate of drug-likeness (QED) is 0.376. The fraction of sp³-hybridized carbons (Fsp3) is 0.345. The molecule has 1 aromatic heterocycles. The SMILES string of the molecule is Cn1c2c(c3c(C(=O)OC(C)(C)C)c(S(=O)(=O)c4ccc5ccccc5c4)ccc31)C1CCC(C2)N1. The molecule has 2 unspecified atom stereocenters. The molecule has 0 radical (unpaired) electrons. The summed E-state index contributed by atoms with van der Waals surface area (Å²) in [6.07, 6.45) is 2.89. The third-order valence-electron chi connectivity index (χ3n) is 7.44. The molecule has 4 aromatic rings. The molecule has 0 saturated carbocycles. The zero-order valence-electron chi connectivity index (χ0n) is 21.0. The molecule has 6 nitrogen and oxygen atoms in total. The highest BCUT2D eigenvalue weighted by Crippen LogP contribution is 2.44. The Balaban J connectivity index is 1.64. The first-order chi connectivity index (χ1) is 17.0. The number of aryl methyl sites for hydroxylation is 1. The Bertz CT molecular complexity index is 1660. The first-order valence-electron chi connectivity index (χ1n) is 12.4. The molecule has 2 bridgehead atoms. The van der Waals surface area contributed by atoms with Gasteiger partial charge in [0.25, 0.3) is 0 Å². The van der Waals surface area contributed by atoms with E-state index >= 15 is 0 Å². The second kappa shape index (κ2) is 7.92. The molecule has 1 N–H and O–H groups in total. The lowest BCUT2D eigenvalue weighted by Crippen LogP contribution is -2.32. The number of esters is 1. The zero-order valence-corrected chi connectivity index (χ0v) is 21.8. The summed E-state index contributed by atoms with van der Waals surface area (Å²) in [4.78, 5) is 13.9. The van der Waals surface area contributed by atoms with Crippen molar-refractivity contribution in [3.05, 3.63) is 71.4 Å². The van der Waals surface area contributed by atoms with E-state index in [0.29, 0.717) is 11.4 Å². The number of benzene rings is 3. The van der Waals surface area contributed by atoms with Gasteiger partial charge in [-0.05, 0) is 74.2 Å². The molecule has 2 atom stereocenters. The minimum atomic E-state index is -4.01. The van der Waals surface area contributed by atoms with Crippen LogP contribution < -0.4 is 5.32 Å². The molecule has 0 spiro atoms. The van der Waals surface area contributed by atoms with Crippen molar-refractivity contribution in [1.29, 1.82) is 0 Å². The highest BCUT2D eigenvalue weighted by atomic mass is 32.2. The minimum Gasteiger partial charge on any atom is -0.456 e. The summed E-state index contributed by atoms with van der Waals surface area (Å²) in [7, 11) is -2.01. The Hall–Kier alpha value is -3.16. The molecule has 2 aliphatic rings. The topological polar surface area (TPSA) is 77.4 Å². The molecule has 2 aliphatic heterocycles. The van der Waals surface area contributed by atoms with Gasteiger partial charge >= 0.3 is 5.97 Å². The number of carbonyl (C=O) groups is 1. The van der Waals surface area contributed by atoms with E-state index in [-0.39, 0.29) is 21.4 Å². The third kappa shape index (κ3) is 3.56. The van der Waals surface area contributed by atoms with Crippen LogP contribution in [0.4, 0.5) is 0 Å². The Morgan fingerprint density at radius 3 is 2.53 bits per heavy atom. The van der Waals surface area contributed by atoms with Crippen molar-refractivity contribution in [3.8, 4) is 0 Å². The third-order valence-corrected chi connectivity index (χ3v) is 9.24. The van der Waals surface area contributed by atoms with Crippen molar-refractivity contribution < 1.29 is 17.9 Å². The lowest BCUT2D eigenvalue weighted by Gasteiger charge is -2.24. The van der Waals surface area contributed by atoms with Crippen LogP contribution in [0.1, 0.15) is 61.3 Å². The molecule has 7 heteroatoms. The van der Waals surface area contributed by atoms with Gasteiger partial charge in [-0.15, -0.1) is 0 Å². The normalized spacial score (nSPS) is 19.6. The summed E-state index contributed by atoms with van der Waals surface area (Å²) in [5.74, 6) is -0.610. The van der Waals surface area contributed by atoms with Gasteiger partial charge in [-0.3, -0.25) is 0 Å². The Labute approximate surface area is 211 Å². The molecular weight excluding hydrogens is 472 g/mol. The fourth-order valence-electron chi connectivity index (χ4n) is 5.88. The Kier molecular flexibility index (Phi) is 5.11. The van der Waals surface area contributed by atoms with Crippen LogP contribution in [0.15, 0.2) is 64.4 Å².